The Morgan fingerprint density at radius 3 is 2.58 bits per heavy atom. The van der Waals surface area contributed by atoms with E-state index in [-0.39, 0.29) is 11.5 Å². The fourth-order valence-electron chi connectivity index (χ4n) is 2.56. The molecule has 0 fully saturated rings. The Morgan fingerprint density at radius 2 is 1.96 bits per heavy atom. The average molecular weight is 389 g/mol. The Hall–Kier alpha value is -2.25. The molecule has 0 aliphatic heterocycles. The molecule has 0 saturated carbocycles. The number of esters is 1. The molecule has 0 unspecified atom stereocenters. The first-order valence-electron chi connectivity index (χ1n) is 8.38. The molecule has 5 nitrogen and oxygen atoms in total. The molecule has 3 aromatic rings. The minimum Gasteiger partial charge on any atom is -0.460 e. The zero-order valence-electron chi connectivity index (χ0n) is 14.9. The highest BCUT2D eigenvalue weighted by atomic mass is 32.1. The van der Waals surface area contributed by atoms with Gasteiger partial charge in [0.1, 0.15) is 16.5 Å². The van der Waals surface area contributed by atoms with Crippen LogP contribution in [0.4, 0.5) is 0 Å². The van der Waals surface area contributed by atoms with Gasteiger partial charge in [0.25, 0.3) is 0 Å². The van der Waals surface area contributed by atoms with Crippen LogP contribution >= 0.6 is 22.7 Å². The molecule has 0 saturated heterocycles. The van der Waals surface area contributed by atoms with E-state index in [0.29, 0.717) is 17.1 Å². The Labute approximate surface area is 159 Å². The third kappa shape index (κ3) is 3.94. The van der Waals surface area contributed by atoms with Crippen LogP contribution in [0.3, 0.4) is 0 Å². The van der Waals surface area contributed by atoms with E-state index in [0.717, 1.165) is 34.0 Å². The molecule has 0 aliphatic rings. The number of carbonyl (C=O) groups excluding carboxylic acids is 1. The summed E-state index contributed by atoms with van der Waals surface area (Å²) in [5.74, 6) is -0.391. The van der Waals surface area contributed by atoms with Crippen LogP contribution in [0.1, 0.15) is 33.5 Å². The van der Waals surface area contributed by atoms with Crippen LogP contribution in [0.15, 0.2) is 34.4 Å². The maximum absolute atomic E-state index is 12.4. The normalized spacial score (nSPS) is 10.9. The van der Waals surface area contributed by atoms with Gasteiger partial charge in [0.15, 0.2) is 0 Å². The summed E-state index contributed by atoms with van der Waals surface area (Å²) in [4.78, 5) is 29.0. The molecule has 1 aromatic carbocycles. The van der Waals surface area contributed by atoms with Gasteiger partial charge in [-0.1, -0.05) is 42.5 Å². The number of hydrogen-bond donors (Lipinski definition) is 0. The predicted molar refractivity (Wildman–Crippen MR) is 105 cm³/mol. The maximum Gasteiger partial charge on any atom is 0.350 e. The van der Waals surface area contributed by atoms with E-state index < -0.39 is 5.97 Å². The van der Waals surface area contributed by atoms with Crippen molar-refractivity contribution in [2.75, 3.05) is 6.61 Å². The SMILES string of the molecule is CCc1ccc(-c2nc(C)c(C(=O)OCCn3c(C)csc3=O)s2)cc1. The van der Waals surface area contributed by atoms with Crippen LogP contribution in [0.2, 0.25) is 0 Å². The summed E-state index contributed by atoms with van der Waals surface area (Å²) in [6.07, 6.45) is 0.988. The highest BCUT2D eigenvalue weighted by Crippen LogP contribution is 2.28. The van der Waals surface area contributed by atoms with E-state index in [1.54, 1.807) is 9.95 Å². The second kappa shape index (κ2) is 7.97. The Morgan fingerprint density at radius 1 is 1.23 bits per heavy atom. The number of ether oxygens (including phenoxy) is 1. The first-order valence-corrected chi connectivity index (χ1v) is 10.1. The molecule has 7 heteroatoms. The van der Waals surface area contributed by atoms with Gasteiger partial charge in [0.05, 0.1) is 12.2 Å². The van der Waals surface area contributed by atoms with Crippen molar-refractivity contribution in [3.05, 3.63) is 61.1 Å². The number of rotatable bonds is 6. The maximum atomic E-state index is 12.4. The van der Waals surface area contributed by atoms with Crippen LogP contribution < -0.4 is 4.87 Å². The van der Waals surface area contributed by atoms with Crippen LogP contribution in [0.5, 0.6) is 0 Å². The van der Waals surface area contributed by atoms with Crippen LogP contribution in [-0.2, 0) is 17.7 Å². The Kier molecular flexibility index (Phi) is 5.68. The Balaban J connectivity index is 1.68. The number of nitrogens with zero attached hydrogens (tertiary/aromatic N) is 2. The summed E-state index contributed by atoms with van der Waals surface area (Å²) >= 11 is 2.49. The van der Waals surface area contributed by atoms with Crippen molar-refractivity contribution in [1.29, 1.82) is 0 Å². The minimum absolute atomic E-state index is 0.0367. The summed E-state index contributed by atoms with van der Waals surface area (Å²) in [5, 5.41) is 2.61. The molecule has 0 aliphatic carbocycles. The van der Waals surface area contributed by atoms with Crippen molar-refractivity contribution in [3.8, 4) is 10.6 Å². The molecule has 26 heavy (non-hydrogen) atoms. The third-order valence-corrected chi connectivity index (χ3v) is 6.18. The molecular formula is C19H20N2O3S2. The molecular weight excluding hydrogens is 368 g/mol. The van der Waals surface area contributed by atoms with Gasteiger partial charge in [-0.25, -0.2) is 9.78 Å². The zero-order valence-corrected chi connectivity index (χ0v) is 16.6. The highest BCUT2D eigenvalue weighted by molar-refractivity contribution is 7.17. The number of thiazole rings is 2. The fraction of sp³-hybridized carbons (Fsp3) is 0.316. The summed E-state index contributed by atoms with van der Waals surface area (Å²) in [5.41, 5.74) is 3.80. The van der Waals surface area contributed by atoms with Crippen molar-refractivity contribution in [1.82, 2.24) is 9.55 Å². The molecule has 3 rings (SSSR count). The molecule has 0 N–H and O–H groups in total. The predicted octanol–water partition coefficient (Wildman–Crippen LogP) is 4.07. The molecule has 2 aromatic heterocycles. The molecule has 0 radical (unpaired) electrons. The molecule has 2 heterocycles. The van der Waals surface area contributed by atoms with Crippen molar-refractivity contribution in [2.24, 2.45) is 0 Å². The van der Waals surface area contributed by atoms with Crippen LogP contribution in [0, 0.1) is 13.8 Å². The molecule has 0 atom stereocenters. The summed E-state index contributed by atoms with van der Waals surface area (Å²) in [6.45, 7) is 6.31. The number of aromatic nitrogens is 2. The first kappa shape index (κ1) is 18.5. The van der Waals surface area contributed by atoms with E-state index in [4.69, 9.17) is 4.74 Å². The van der Waals surface area contributed by atoms with Gasteiger partial charge >= 0.3 is 10.8 Å². The van der Waals surface area contributed by atoms with Gasteiger partial charge in [-0.2, -0.15) is 0 Å². The summed E-state index contributed by atoms with van der Waals surface area (Å²) < 4.78 is 6.96. The largest absolute Gasteiger partial charge is 0.460 e. The molecule has 0 spiro atoms. The van der Waals surface area contributed by atoms with Crippen molar-refractivity contribution < 1.29 is 9.53 Å². The van der Waals surface area contributed by atoms with E-state index in [1.807, 2.05) is 26.0 Å². The summed E-state index contributed by atoms with van der Waals surface area (Å²) in [6, 6.07) is 8.20. The van der Waals surface area contributed by atoms with Gasteiger partial charge in [0, 0.05) is 16.6 Å². The zero-order chi connectivity index (χ0) is 18.7. The minimum atomic E-state index is -0.391. The number of benzene rings is 1. The monoisotopic (exact) mass is 388 g/mol. The van der Waals surface area contributed by atoms with E-state index in [9.17, 15) is 9.59 Å². The third-order valence-electron chi connectivity index (χ3n) is 4.12. The second-order valence-corrected chi connectivity index (χ2v) is 7.73. The lowest BCUT2D eigenvalue weighted by atomic mass is 10.1. The Bertz CT molecular complexity index is 968. The molecule has 136 valence electrons. The first-order chi connectivity index (χ1) is 12.5. The number of aryl methyl sites for hydroxylation is 3. The van der Waals surface area contributed by atoms with E-state index in [1.165, 1.54) is 16.9 Å². The molecule has 0 bridgehead atoms. The van der Waals surface area contributed by atoms with Crippen molar-refractivity contribution in [2.45, 2.75) is 33.7 Å². The van der Waals surface area contributed by atoms with E-state index in [2.05, 4.69) is 24.0 Å². The molecule has 0 amide bonds. The van der Waals surface area contributed by atoms with Gasteiger partial charge in [-0.05, 0) is 25.8 Å². The standard InChI is InChI=1S/C19H20N2O3S2/c1-4-14-5-7-15(8-6-14)17-20-13(3)16(26-17)18(22)24-10-9-21-12(2)11-25-19(21)23/h5-8,11H,4,9-10H2,1-3H3. The van der Waals surface area contributed by atoms with Gasteiger partial charge in [0.2, 0.25) is 0 Å². The van der Waals surface area contributed by atoms with Crippen molar-refractivity contribution in [3.63, 3.8) is 0 Å². The number of carbonyl (C=O) groups is 1. The van der Waals surface area contributed by atoms with Crippen LogP contribution in [0.25, 0.3) is 10.6 Å². The van der Waals surface area contributed by atoms with Crippen molar-refractivity contribution >= 4 is 28.6 Å². The van der Waals surface area contributed by atoms with Gasteiger partial charge < -0.3 is 4.74 Å². The summed E-state index contributed by atoms with van der Waals surface area (Å²) in [7, 11) is 0. The van der Waals surface area contributed by atoms with Crippen LogP contribution in [-0.4, -0.2) is 22.1 Å². The lowest BCUT2D eigenvalue weighted by Crippen LogP contribution is -2.19. The van der Waals surface area contributed by atoms with E-state index >= 15 is 0 Å². The smallest absolute Gasteiger partial charge is 0.350 e. The van der Waals surface area contributed by atoms with Gasteiger partial charge in [-0.3, -0.25) is 9.36 Å². The average Bonchev–Trinajstić information content (AvgIpc) is 3.18. The lowest BCUT2D eigenvalue weighted by Gasteiger charge is -2.05. The second-order valence-electron chi connectivity index (χ2n) is 5.91. The fourth-order valence-corrected chi connectivity index (χ4v) is 4.29. The highest BCUT2D eigenvalue weighted by Gasteiger charge is 2.17. The quantitative estimate of drug-likeness (QED) is 0.597. The topological polar surface area (TPSA) is 61.2 Å². The lowest BCUT2D eigenvalue weighted by molar-refractivity contribution is 0.0495. The van der Waals surface area contributed by atoms with Gasteiger partial charge in [-0.15, -0.1) is 11.3 Å². The number of hydrogen-bond acceptors (Lipinski definition) is 6.